The van der Waals surface area contributed by atoms with E-state index in [4.69, 9.17) is 4.74 Å². The zero-order chi connectivity index (χ0) is 31.9. The van der Waals surface area contributed by atoms with Crippen molar-refractivity contribution in [2.24, 2.45) is 11.8 Å². The Morgan fingerprint density at radius 2 is 1.64 bits per heavy atom. The summed E-state index contributed by atoms with van der Waals surface area (Å²) in [7, 11) is 1.58. The molecule has 0 bridgehead atoms. The lowest BCUT2D eigenvalue weighted by Gasteiger charge is -2.35. The standard InChI is InChI=1S/C35H44F3N3O4/c1-3-22-18-40(19-28(22)27-16-30(36)31(37)17-32(27)39-14-12-24(13-15-39)33(42)43)34(44)35(38)21-41(25-6-4-5-7-25)20-29(35)23-8-10-26(45-2)11-9-23/h8-11,16-17,22,24-25,28-29H,3-7,12-15,18-21H2,1-2H3,(H,42,43)/t22-,28-,29-,35-/m0/s1. The van der Waals surface area contributed by atoms with Crippen LogP contribution in [0.4, 0.5) is 18.9 Å². The third-order valence-corrected chi connectivity index (χ3v) is 11.0. The fourth-order valence-corrected chi connectivity index (χ4v) is 8.38. The van der Waals surface area contributed by atoms with Gasteiger partial charge in [0.05, 0.1) is 13.0 Å². The summed E-state index contributed by atoms with van der Waals surface area (Å²) in [6.45, 7) is 3.89. The first-order valence-electron chi connectivity index (χ1n) is 16.5. The highest BCUT2D eigenvalue weighted by Gasteiger charge is 2.57. The van der Waals surface area contributed by atoms with Crippen LogP contribution in [-0.4, -0.2) is 84.9 Å². The maximum absolute atomic E-state index is 17.5. The number of methoxy groups -OCH3 is 1. The molecule has 45 heavy (non-hydrogen) atoms. The molecule has 0 unspecified atom stereocenters. The minimum absolute atomic E-state index is 0.0418. The molecule has 1 saturated carbocycles. The van der Waals surface area contributed by atoms with Crippen molar-refractivity contribution < 1.29 is 32.6 Å². The average Bonchev–Trinajstić information content (AvgIpc) is 3.81. The molecule has 1 aliphatic carbocycles. The van der Waals surface area contributed by atoms with Gasteiger partial charge in [-0.2, -0.15) is 0 Å². The molecule has 0 spiro atoms. The Morgan fingerprint density at radius 1 is 0.978 bits per heavy atom. The number of benzene rings is 2. The summed E-state index contributed by atoms with van der Waals surface area (Å²) < 4.78 is 52.3. The number of amides is 1. The van der Waals surface area contributed by atoms with Crippen LogP contribution in [0.3, 0.4) is 0 Å². The van der Waals surface area contributed by atoms with E-state index < -0.39 is 41.0 Å². The van der Waals surface area contributed by atoms with Gasteiger partial charge >= 0.3 is 5.97 Å². The largest absolute Gasteiger partial charge is 0.497 e. The maximum atomic E-state index is 17.5. The van der Waals surface area contributed by atoms with Crippen LogP contribution >= 0.6 is 0 Å². The minimum atomic E-state index is -2.13. The zero-order valence-corrected chi connectivity index (χ0v) is 26.2. The van der Waals surface area contributed by atoms with Gasteiger partial charge in [0.25, 0.3) is 5.91 Å². The van der Waals surface area contributed by atoms with Crippen molar-refractivity contribution in [3.63, 3.8) is 0 Å². The lowest BCUT2D eigenvalue weighted by atomic mass is 9.85. The summed E-state index contributed by atoms with van der Waals surface area (Å²) in [5, 5.41) is 9.45. The topological polar surface area (TPSA) is 73.3 Å². The molecule has 3 saturated heterocycles. The molecule has 3 heterocycles. The maximum Gasteiger partial charge on any atom is 0.306 e. The molecule has 1 N–H and O–H groups in total. The molecule has 2 aromatic carbocycles. The number of hydrogen-bond donors (Lipinski definition) is 1. The van der Waals surface area contributed by atoms with E-state index in [1.807, 2.05) is 24.0 Å². The monoisotopic (exact) mass is 627 g/mol. The Bertz CT molecular complexity index is 1390. The number of ether oxygens (including phenoxy) is 1. The van der Waals surface area contributed by atoms with Crippen molar-refractivity contribution in [1.29, 1.82) is 0 Å². The average molecular weight is 628 g/mol. The predicted octanol–water partition coefficient (Wildman–Crippen LogP) is 5.98. The fourth-order valence-electron chi connectivity index (χ4n) is 8.38. The molecule has 4 fully saturated rings. The molecule has 0 aromatic heterocycles. The summed E-state index contributed by atoms with van der Waals surface area (Å²) in [5.41, 5.74) is -0.221. The lowest BCUT2D eigenvalue weighted by molar-refractivity contribution is -0.143. The fraction of sp³-hybridized carbons (Fsp3) is 0.600. The van der Waals surface area contributed by atoms with Crippen LogP contribution in [-0.2, 0) is 9.59 Å². The van der Waals surface area contributed by atoms with Crippen molar-refractivity contribution in [1.82, 2.24) is 9.80 Å². The van der Waals surface area contributed by atoms with Crippen LogP contribution in [0.5, 0.6) is 5.75 Å². The second-order valence-corrected chi connectivity index (χ2v) is 13.5. The Labute approximate surface area is 263 Å². The number of anilines is 1. The Morgan fingerprint density at radius 3 is 2.27 bits per heavy atom. The Hall–Kier alpha value is -3.27. The van der Waals surface area contributed by atoms with E-state index in [0.717, 1.165) is 31.2 Å². The second kappa shape index (κ2) is 12.9. The third-order valence-electron chi connectivity index (χ3n) is 11.0. The summed E-state index contributed by atoms with van der Waals surface area (Å²) in [6.07, 6.45) is 5.74. The number of aliphatic carboxylic acids is 1. The van der Waals surface area contributed by atoms with Crippen molar-refractivity contribution in [2.75, 3.05) is 51.3 Å². The third kappa shape index (κ3) is 6.02. The number of piperidine rings is 1. The number of nitrogens with zero attached hydrogens (tertiary/aromatic N) is 3. The van der Waals surface area contributed by atoms with E-state index in [2.05, 4.69) is 4.90 Å². The molecule has 6 rings (SSSR count). The van der Waals surface area contributed by atoms with Gasteiger partial charge in [-0.05, 0) is 60.9 Å². The minimum Gasteiger partial charge on any atom is -0.497 e. The summed E-state index contributed by atoms with van der Waals surface area (Å²) in [4.78, 5) is 31.6. The van der Waals surface area contributed by atoms with Gasteiger partial charge in [0, 0.05) is 68.9 Å². The molecular formula is C35H44F3N3O4. The molecule has 10 heteroatoms. The summed E-state index contributed by atoms with van der Waals surface area (Å²) in [5.74, 6) is -4.10. The highest BCUT2D eigenvalue weighted by molar-refractivity contribution is 5.88. The van der Waals surface area contributed by atoms with Crippen LogP contribution < -0.4 is 9.64 Å². The molecule has 4 atom stereocenters. The molecule has 0 radical (unpaired) electrons. The predicted molar refractivity (Wildman–Crippen MR) is 165 cm³/mol. The molecular weight excluding hydrogens is 583 g/mol. The van der Waals surface area contributed by atoms with Gasteiger partial charge in [-0.1, -0.05) is 38.3 Å². The van der Waals surface area contributed by atoms with Crippen LogP contribution in [0.15, 0.2) is 36.4 Å². The molecule has 1 amide bonds. The number of carbonyl (C=O) groups is 2. The highest BCUT2D eigenvalue weighted by atomic mass is 19.2. The SMILES string of the molecule is CC[C@H]1CN(C(=O)[C@]2(F)CN(C3CCCC3)C[C@H]2c2ccc(OC)cc2)C[C@@H]1c1cc(F)c(F)cc1N1CCC(C(=O)O)CC1. The first-order chi connectivity index (χ1) is 21.6. The van der Waals surface area contributed by atoms with E-state index in [-0.39, 0.29) is 31.0 Å². The zero-order valence-electron chi connectivity index (χ0n) is 26.2. The van der Waals surface area contributed by atoms with E-state index >= 15 is 4.39 Å². The van der Waals surface area contributed by atoms with Gasteiger partial charge in [0.1, 0.15) is 5.75 Å². The van der Waals surface area contributed by atoms with E-state index in [0.29, 0.717) is 62.4 Å². The molecule has 244 valence electrons. The van der Waals surface area contributed by atoms with Crippen molar-refractivity contribution >= 4 is 17.6 Å². The summed E-state index contributed by atoms with van der Waals surface area (Å²) in [6, 6.07) is 10.0. The van der Waals surface area contributed by atoms with Crippen LogP contribution in [0.1, 0.15) is 74.8 Å². The van der Waals surface area contributed by atoms with Gasteiger partial charge in [0.2, 0.25) is 5.67 Å². The summed E-state index contributed by atoms with van der Waals surface area (Å²) >= 11 is 0. The second-order valence-electron chi connectivity index (χ2n) is 13.5. The van der Waals surface area contributed by atoms with Crippen LogP contribution in [0, 0.1) is 23.5 Å². The smallest absolute Gasteiger partial charge is 0.306 e. The molecule has 4 aliphatic rings. The number of hydrogen-bond acceptors (Lipinski definition) is 5. The Kier molecular flexibility index (Phi) is 9.05. The number of likely N-dealkylation sites (tertiary alicyclic amines) is 2. The number of carboxylic acid groups (broad SMARTS) is 1. The number of carbonyl (C=O) groups excluding carboxylic acids is 1. The van der Waals surface area contributed by atoms with Crippen molar-refractivity contribution in [2.45, 2.75) is 75.4 Å². The first-order valence-corrected chi connectivity index (χ1v) is 16.5. The van der Waals surface area contributed by atoms with Gasteiger partial charge < -0.3 is 19.6 Å². The number of carboxylic acids is 1. The molecule has 3 aliphatic heterocycles. The van der Waals surface area contributed by atoms with E-state index in [9.17, 15) is 23.5 Å². The van der Waals surface area contributed by atoms with Crippen molar-refractivity contribution in [3.05, 3.63) is 59.2 Å². The first kappa shape index (κ1) is 31.7. The van der Waals surface area contributed by atoms with E-state index in [1.54, 1.807) is 24.1 Å². The normalized spacial score (nSPS) is 28.2. The van der Waals surface area contributed by atoms with Crippen LogP contribution in [0.25, 0.3) is 0 Å². The van der Waals surface area contributed by atoms with Crippen LogP contribution in [0.2, 0.25) is 0 Å². The number of rotatable bonds is 8. The van der Waals surface area contributed by atoms with Crippen molar-refractivity contribution in [3.8, 4) is 5.75 Å². The highest BCUT2D eigenvalue weighted by Crippen LogP contribution is 2.47. The van der Waals surface area contributed by atoms with Gasteiger partial charge in [-0.15, -0.1) is 0 Å². The molecule has 2 aromatic rings. The van der Waals surface area contributed by atoms with Gasteiger partial charge in [0.15, 0.2) is 11.6 Å². The quantitative estimate of drug-likeness (QED) is 0.389. The molecule has 7 nitrogen and oxygen atoms in total. The Balaban J connectivity index is 1.29. The number of halogens is 3. The van der Waals surface area contributed by atoms with E-state index in [1.165, 1.54) is 12.1 Å². The van der Waals surface area contributed by atoms with Gasteiger partial charge in [-0.3, -0.25) is 14.5 Å². The van der Waals surface area contributed by atoms with Gasteiger partial charge in [-0.25, -0.2) is 13.2 Å². The number of alkyl halides is 1. The lowest BCUT2D eigenvalue weighted by Crippen LogP contribution is -2.50.